The molecule has 3 aromatic heterocycles. The highest BCUT2D eigenvalue weighted by Gasteiger charge is 2.36. The molecule has 0 aromatic carbocycles. The number of H-pyrrole nitrogens is 1. The summed E-state index contributed by atoms with van der Waals surface area (Å²) in [4.78, 5) is 24.5. The number of carboxylic acid groups (broad SMARTS) is 1. The first-order chi connectivity index (χ1) is 14.9. The highest BCUT2D eigenvalue weighted by molar-refractivity contribution is 5.95. The lowest BCUT2D eigenvalue weighted by atomic mass is 9.88. The molecule has 0 bridgehead atoms. The van der Waals surface area contributed by atoms with Gasteiger partial charge in [0.05, 0.1) is 23.1 Å². The summed E-state index contributed by atoms with van der Waals surface area (Å²) in [6.07, 6.45) is 7.23. The van der Waals surface area contributed by atoms with Crippen LogP contribution in [0.3, 0.4) is 0 Å². The van der Waals surface area contributed by atoms with Gasteiger partial charge >= 0.3 is 5.97 Å². The summed E-state index contributed by atoms with van der Waals surface area (Å²) >= 11 is 0. The highest BCUT2D eigenvalue weighted by atomic mass is 16.5. The monoisotopic (exact) mass is 418 g/mol. The van der Waals surface area contributed by atoms with Crippen molar-refractivity contribution in [3.8, 4) is 28.4 Å². The molecule has 4 N–H and O–H groups in total. The van der Waals surface area contributed by atoms with E-state index in [0.717, 1.165) is 52.9 Å². The summed E-state index contributed by atoms with van der Waals surface area (Å²) < 4.78 is 5.62. The molecule has 1 atom stereocenters. The van der Waals surface area contributed by atoms with Gasteiger partial charge in [-0.05, 0) is 68.7 Å². The van der Waals surface area contributed by atoms with Gasteiger partial charge in [-0.15, -0.1) is 0 Å². The zero-order valence-electron chi connectivity index (χ0n) is 17.7. The number of fused-ring (bicyclic) bond motifs is 3. The summed E-state index contributed by atoms with van der Waals surface area (Å²) in [5.74, 6) is 0.0303. The molecule has 3 aromatic rings. The van der Waals surface area contributed by atoms with Crippen LogP contribution in [0, 0.1) is 5.92 Å². The molecule has 7 heteroatoms. The SMILES string of the molecule is CC(C)Oc1ccc(-c2cc3c(cn2)CCc2c-3[nH]c(C(N)C3CC3)c2C(=O)O)cn1. The van der Waals surface area contributed by atoms with Gasteiger partial charge < -0.3 is 20.6 Å². The van der Waals surface area contributed by atoms with Crippen LogP contribution in [0.1, 0.15) is 59.9 Å². The second kappa shape index (κ2) is 7.50. The van der Waals surface area contributed by atoms with Crippen LogP contribution in [0.15, 0.2) is 30.6 Å². The Morgan fingerprint density at radius 1 is 1.23 bits per heavy atom. The minimum absolute atomic E-state index is 0.0613. The van der Waals surface area contributed by atoms with Gasteiger partial charge in [-0.3, -0.25) is 4.98 Å². The van der Waals surface area contributed by atoms with Gasteiger partial charge in [0.2, 0.25) is 5.88 Å². The van der Waals surface area contributed by atoms with E-state index in [-0.39, 0.29) is 12.1 Å². The Labute approximate surface area is 180 Å². The first-order valence-electron chi connectivity index (χ1n) is 10.8. The molecule has 1 fully saturated rings. The molecule has 31 heavy (non-hydrogen) atoms. The third-order valence-electron chi connectivity index (χ3n) is 6.10. The molecule has 7 nitrogen and oxygen atoms in total. The van der Waals surface area contributed by atoms with Crippen molar-refractivity contribution in [1.82, 2.24) is 15.0 Å². The van der Waals surface area contributed by atoms with Gasteiger partial charge in [0.25, 0.3) is 0 Å². The molecular weight excluding hydrogens is 392 g/mol. The second-order valence-corrected chi connectivity index (χ2v) is 8.71. The maximum atomic E-state index is 12.1. The fraction of sp³-hybridized carbons (Fsp3) is 0.375. The maximum absolute atomic E-state index is 12.1. The number of carbonyl (C=O) groups is 1. The third kappa shape index (κ3) is 3.59. The Bertz CT molecular complexity index is 1150. The van der Waals surface area contributed by atoms with E-state index in [1.54, 1.807) is 6.20 Å². The fourth-order valence-electron chi connectivity index (χ4n) is 4.40. The van der Waals surface area contributed by atoms with E-state index >= 15 is 0 Å². The number of hydrogen-bond donors (Lipinski definition) is 3. The van der Waals surface area contributed by atoms with Gasteiger partial charge in [-0.2, -0.15) is 0 Å². The van der Waals surface area contributed by atoms with Crippen molar-refractivity contribution in [2.24, 2.45) is 11.7 Å². The zero-order chi connectivity index (χ0) is 21.7. The number of nitrogens with two attached hydrogens (primary N) is 1. The van der Waals surface area contributed by atoms with Crippen LogP contribution < -0.4 is 10.5 Å². The van der Waals surface area contributed by atoms with Crippen molar-refractivity contribution >= 4 is 5.97 Å². The number of aromatic amines is 1. The molecule has 2 aliphatic rings. The number of hydrogen-bond acceptors (Lipinski definition) is 5. The molecular formula is C24H26N4O3. The van der Waals surface area contributed by atoms with Gasteiger partial charge in [-0.25, -0.2) is 9.78 Å². The van der Waals surface area contributed by atoms with Crippen molar-refractivity contribution in [2.75, 3.05) is 0 Å². The fourth-order valence-corrected chi connectivity index (χ4v) is 4.40. The lowest BCUT2D eigenvalue weighted by Crippen LogP contribution is -2.17. The summed E-state index contributed by atoms with van der Waals surface area (Å²) in [5.41, 5.74) is 12.9. The molecule has 0 spiro atoms. The Morgan fingerprint density at radius 2 is 2.03 bits per heavy atom. The van der Waals surface area contributed by atoms with Crippen molar-refractivity contribution < 1.29 is 14.6 Å². The van der Waals surface area contributed by atoms with Gasteiger partial charge in [-0.1, -0.05) is 0 Å². The van der Waals surface area contributed by atoms with Crippen molar-refractivity contribution in [3.63, 3.8) is 0 Å². The largest absolute Gasteiger partial charge is 0.478 e. The standard InChI is InChI=1S/C24H26N4O3/c1-12(2)31-19-8-6-15(11-27-19)18-9-17-14(10-26-18)5-7-16-20(24(29)30)23(28-22(16)17)21(25)13-3-4-13/h6,8-13,21,28H,3-5,7,25H2,1-2H3,(H,29,30). The molecule has 0 aliphatic heterocycles. The molecule has 2 aliphatic carbocycles. The second-order valence-electron chi connectivity index (χ2n) is 8.71. The van der Waals surface area contributed by atoms with E-state index in [0.29, 0.717) is 29.5 Å². The molecule has 0 radical (unpaired) electrons. The lowest BCUT2D eigenvalue weighted by molar-refractivity contribution is 0.0694. The van der Waals surface area contributed by atoms with E-state index in [1.807, 2.05) is 38.2 Å². The van der Waals surface area contributed by atoms with Crippen LogP contribution in [0.2, 0.25) is 0 Å². The molecule has 0 amide bonds. The van der Waals surface area contributed by atoms with Crippen LogP contribution >= 0.6 is 0 Å². The smallest absolute Gasteiger partial charge is 0.337 e. The van der Waals surface area contributed by atoms with Crippen molar-refractivity contribution in [3.05, 3.63) is 53.0 Å². The third-order valence-corrected chi connectivity index (χ3v) is 6.10. The molecule has 160 valence electrons. The number of pyridine rings is 2. The number of aromatic nitrogens is 3. The number of aryl methyl sites for hydroxylation is 1. The van der Waals surface area contributed by atoms with Gasteiger partial charge in [0.15, 0.2) is 0 Å². The summed E-state index contributed by atoms with van der Waals surface area (Å²) in [7, 11) is 0. The number of rotatable bonds is 6. The van der Waals surface area contributed by atoms with Gasteiger partial charge in [0, 0.05) is 41.3 Å². The van der Waals surface area contributed by atoms with Crippen molar-refractivity contribution in [2.45, 2.75) is 51.7 Å². The van der Waals surface area contributed by atoms with E-state index < -0.39 is 5.97 Å². The average molecular weight is 418 g/mol. The predicted octanol–water partition coefficient (Wildman–Crippen LogP) is 4.13. The summed E-state index contributed by atoms with van der Waals surface area (Å²) in [6, 6.07) is 5.53. The molecule has 1 unspecified atom stereocenters. The Hall–Kier alpha value is -3.19. The molecule has 0 saturated heterocycles. The lowest BCUT2D eigenvalue weighted by Gasteiger charge is -2.17. The Morgan fingerprint density at radius 3 is 2.68 bits per heavy atom. The maximum Gasteiger partial charge on any atom is 0.337 e. The minimum atomic E-state index is -0.911. The molecule has 3 heterocycles. The minimum Gasteiger partial charge on any atom is -0.478 e. The van der Waals surface area contributed by atoms with E-state index in [9.17, 15) is 9.90 Å². The van der Waals surface area contributed by atoms with E-state index in [2.05, 4.69) is 15.0 Å². The Balaban J connectivity index is 1.56. The topological polar surface area (TPSA) is 114 Å². The van der Waals surface area contributed by atoms with Crippen LogP contribution in [-0.4, -0.2) is 32.1 Å². The highest BCUT2D eigenvalue weighted by Crippen LogP contribution is 2.44. The number of ether oxygens (including phenoxy) is 1. The van der Waals surface area contributed by atoms with Gasteiger partial charge in [0.1, 0.15) is 0 Å². The normalized spacial score (nSPS) is 16.0. The Kier molecular flexibility index (Phi) is 4.78. The molecule has 1 saturated carbocycles. The first-order valence-corrected chi connectivity index (χ1v) is 10.8. The first kappa shape index (κ1) is 19.8. The van der Waals surface area contributed by atoms with Crippen LogP contribution in [0.5, 0.6) is 5.88 Å². The van der Waals surface area contributed by atoms with Crippen LogP contribution in [0.25, 0.3) is 22.5 Å². The van der Waals surface area contributed by atoms with Crippen LogP contribution in [0.4, 0.5) is 0 Å². The van der Waals surface area contributed by atoms with E-state index in [4.69, 9.17) is 10.5 Å². The predicted molar refractivity (Wildman–Crippen MR) is 117 cm³/mol. The zero-order valence-corrected chi connectivity index (χ0v) is 17.7. The number of aromatic carboxylic acids is 1. The summed E-state index contributed by atoms with van der Waals surface area (Å²) in [5, 5.41) is 9.92. The van der Waals surface area contributed by atoms with Crippen LogP contribution in [-0.2, 0) is 12.8 Å². The quantitative estimate of drug-likeness (QED) is 0.554. The number of nitrogens with one attached hydrogen (secondary N) is 1. The summed E-state index contributed by atoms with van der Waals surface area (Å²) in [6.45, 7) is 3.92. The van der Waals surface area contributed by atoms with E-state index in [1.165, 1.54) is 0 Å². The average Bonchev–Trinajstić information content (AvgIpc) is 3.52. The number of nitrogens with zero attached hydrogens (tertiary/aromatic N) is 2. The van der Waals surface area contributed by atoms with Crippen molar-refractivity contribution in [1.29, 1.82) is 0 Å². The molecule has 5 rings (SSSR count). The number of carboxylic acids is 1.